The first kappa shape index (κ1) is 18.5. The topological polar surface area (TPSA) is 127 Å². The van der Waals surface area contributed by atoms with E-state index in [0.717, 1.165) is 0 Å². The fourth-order valence-corrected chi connectivity index (χ4v) is 3.30. The number of halogens is 1. The van der Waals surface area contributed by atoms with Gasteiger partial charge in [0, 0.05) is 6.07 Å². The maximum atomic E-state index is 13.2. The lowest BCUT2D eigenvalue weighted by molar-refractivity contribution is 0.738. The van der Waals surface area contributed by atoms with Crippen LogP contribution in [-0.4, -0.2) is 23.9 Å². The molecule has 0 radical (unpaired) electrons. The monoisotopic (exact) mass is 406 g/mol. The molecule has 3 N–H and O–H groups in total. The summed E-state index contributed by atoms with van der Waals surface area (Å²) in [4.78, 5) is 25.4. The molecule has 4 rings (SSSR count). The molecule has 144 valence electrons. The van der Waals surface area contributed by atoms with E-state index in [1.807, 2.05) is 43.3 Å². The number of nitrogens with two attached hydrogens (primary N) is 1. The fraction of sp³-hybridized carbons (Fsp3) is 0.105. The fourth-order valence-electron chi connectivity index (χ4n) is 3.10. The van der Waals surface area contributed by atoms with Crippen molar-refractivity contribution in [3.8, 4) is 11.8 Å². The number of nitriles is 1. The molecule has 0 bridgehead atoms. The van der Waals surface area contributed by atoms with Crippen LogP contribution in [0.2, 0.25) is 5.15 Å². The molecule has 10 heteroatoms. The number of anilines is 2. The number of para-hydroxylation sites is 1. The van der Waals surface area contributed by atoms with E-state index in [1.165, 1.54) is 21.5 Å². The van der Waals surface area contributed by atoms with Crippen LogP contribution >= 0.6 is 11.6 Å². The Balaban J connectivity index is 1.90. The number of nitrogens with one attached hydrogen (secondary N) is 1. The number of nitrogens with zero attached hydrogens (tertiary/aromatic N) is 6. The number of hydrogen-bond acceptors (Lipinski definition) is 7. The Hall–Kier alpha value is -3.90. The number of fused-ring (bicyclic) bond motifs is 1. The molecule has 0 aliphatic carbocycles. The summed E-state index contributed by atoms with van der Waals surface area (Å²) in [5.41, 5.74) is 7.24. The quantitative estimate of drug-likeness (QED) is 0.533. The van der Waals surface area contributed by atoms with E-state index >= 15 is 0 Å². The van der Waals surface area contributed by atoms with E-state index in [1.54, 1.807) is 6.07 Å². The molecule has 0 spiro atoms. The van der Waals surface area contributed by atoms with Crippen molar-refractivity contribution < 1.29 is 0 Å². The maximum Gasteiger partial charge on any atom is 0.339 e. The van der Waals surface area contributed by atoms with Crippen LogP contribution in [0.3, 0.4) is 0 Å². The van der Waals surface area contributed by atoms with Gasteiger partial charge < -0.3 is 11.1 Å². The summed E-state index contributed by atoms with van der Waals surface area (Å²) in [5, 5.41) is 12.7. The Morgan fingerprint density at radius 2 is 2.00 bits per heavy atom. The van der Waals surface area contributed by atoms with Crippen molar-refractivity contribution in [1.82, 2.24) is 23.9 Å². The van der Waals surface area contributed by atoms with Crippen LogP contribution in [0.4, 0.5) is 11.6 Å². The van der Waals surface area contributed by atoms with Gasteiger partial charge >= 0.3 is 5.69 Å². The SMILES string of the molecule is CC(Nc1ncnc(N)c1C#N)c1cc2ncc(Cl)n2c(=O)n1-c1ccccc1. The summed E-state index contributed by atoms with van der Waals surface area (Å²) in [6.07, 6.45) is 2.70. The predicted molar refractivity (Wildman–Crippen MR) is 109 cm³/mol. The second-order valence-corrected chi connectivity index (χ2v) is 6.64. The summed E-state index contributed by atoms with van der Waals surface area (Å²) < 4.78 is 2.86. The van der Waals surface area contributed by atoms with Gasteiger partial charge in [-0.3, -0.25) is 4.57 Å². The van der Waals surface area contributed by atoms with E-state index < -0.39 is 6.04 Å². The van der Waals surface area contributed by atoms with Crippen LogP contribution in [0.25, 0.3) is 11.3 Å². The lowest BCUT2D eigenvalue weighted by atomic mass is 10.2. The second-order valence-electron chi connectivity index (χ2n) is 6.26. The molecule has 4 aromatic rings. The van der Waals surface area contributed by atoms with Crippen LogP contribution < -0.4 is 16.7 Å². The number of imidazole rings is 1. The van der Waals surface area contributed by atoms with Crippen molar-refractivity contribution in [1.29, 1.82) is 5.26 Å². The number of aromatic nitrogens is 5. The highest BCUT2D eigenvalue weighted by Crippen LogP contribution is 2.24. The minimum Gasteiger partial charge on any atom is -0.382 e. The number of hydrogen-bond donors (Lipinski definition) is 2. The van der Waals surface area contributed by atoms with Gasteiger partial charge in [-0.15, -0.1) is 0 Å². The van der Waals surface area contributed by atoms with Crippen molar-refractivity contribution in [2.45, 2.75) is 13.0 Å². The third kappa shape index (κ3) is 3.15. The summed E-state index contributed by atoms with van der Waals surface area (Å²) in [6.45, 7) is 1.84. The van der Waals surface area contributed by atoms with Crippen molar-refractivity contribution in [3.05, 3.63) is 75.8 Å². The zero-order chi connectivity index (χ0) is 20.5. The predicted octanol–water partition coefficient (Wildman–Crippen LogP) is 2.56. The maximum absolute atomic E-state index is 13.2. The van der Waals surface area contributed by atoms with E-state index in [0.29, 0.717) is 17.0 Å². The van der Waals surface area contributed by atoms with Gasteiger partial charge in [-0.1, -0.05) is 29.8 Å². The number of rotatable bonds is 4. The van der Waals surface area contributed by atoms with Crippen molar-refractivity contribution in [3.63, 3.8) is 0 Å². The number of benzene rings is 1. The summed E-state index contributed by atoms with van der Waals surface area (Å²) in [6, 6.07) is 12.5. The highest BCUT2D eigenvalue weighted by Gasteiger charge is 2.20. The molecule has 0 amide bonds. The van der Waals surface area contributed by atoms with Crippen molar-refractivity contribution >= 4 is 28.9 Å². The minimum absolute atomic E-state index is 0.0770. The highest BCUT2D eigenvalue weighted by molar-refractivity contribution is 6.29. The summed E-state index contributed by atoms with van der Waals surface area (Å²) in [7, 11) is 0. The third-order valence-corrected chi connectivity index (χ3v) is 4.73. The Labute approximate surface area is 170 Å². The van der Waals surface area contributed by atoms with Crippen LogP contribution in [0, 0.1) is 11.3 Å². The van der Waals surface area contributed by atoms with Gasteiger partial charge in [-0.25, -0.2) is 24.1 Å². The van der Waals surface area contributed by atoms with Gasteiger partial charge in [-0.2, -0.15) is 5.26 Å². The molecule has 0 aliphatic heterocycles. The number of nitrogen functional groups attached to an aromatic ring is 1. The minimum atomic E-state index is -0.426. The molecule has 1 aromatic carbocycles. The molecule has 1 atom stereocenters. The molecule has 0 aliphatic rings. The normalized spacial score (nSPS) is 11.9. The van der Waals surface area contributed by atoms with E-state index in [9.17, 15) is 10.1 Å². The molecule has 3 aromatic heterocycles. The van der Waals surface area contributed by atoms with Crippen LogP contribution in [0.1, 0.15) is 24.2 Å². The van der Waals surface area contributed by atoms with Crippen molar-refractivity contribution in [2.75, 3.05) is 11.1 Å². The molecule has 1 unspecified atom stereocenters. The molecule has 0 fully saturated rings. The Morgan fingerprint density at radius 1 is 1.24 bits per heavy atom. The first-order chi connectivity index (χ1) is 14.0. The third-order valence-electron chi connectivity index (χ3n) is 4.46. The van der Waals surface area contributed by atoms with Gasteiger partial charge in [0.1, 0.15) is 40.4 Å². The van der Waals surface area contributed by atoms with Crippen LogP contribution in [0.5, 0.6) is 0 Å². The lowest BCUT2D eigenvalue weighted by Crippen LogP contribution is -2.30. The summed E-state index contributed by atoms with van der Waals surface area (Å²) >= 11 is 6.16. The smallest absolute Gasteiger partial charge is 0.339 e. The standard InChI is InChI=1S/C19H15ClN8O/c1-11(26-18-13(8-21)17(22)24-10-25-18)14-7-16-23-9-15(20)28(16)19(29)27(14)12-5-3-2-4-6-12/h2-7,9-11H,1H3,(H3,22,24,25,26). The lowest BCUT2D eigenvalue weighted by Gasteiger charge is -2.21. The van der Waals surface area contributed by atoms with Gasteiger partial charge in [0.2, 0.25) is 0 Å². The summed E-state index contributed by atoms with van der Waals surface area (Å²) in [5.74, 6) is 0.356. The van der Waals surface area contributed by atoms with E-state index in [-0.39, 0.29) is 28.0 Å². The van der Waals surface area contributed by atoms with Gasteiger partial charge in [0.25, 0.3) is 0 Å². The molecule has 29 heavy (non-hydrogen) atoms. The van der Waals surface area contributed by atoms with E-state index in [2.05, 4.69) is 20.3 Å². The molecular weight excluding hydrogens is 392 g/mol. The average molecular weight is 407 g/mol. The van der Waals surface area contributed by atoms with Gasteiger partial charge in [0.15, 0.2) is 0 Å². The Bertz CT molecular complexity index is 1310. The van der Waals surface area contributed by atoms with Gasteiger partial charge in [0.05, 0.1) is 23.6 Å². The second kappa shape index (κ2) is 7.26. The molecule has 0 saturated heterocycles. The molecule has 9 nitrogen and oxygen atoms in total. The Morgan fingerprint density at radius 3 is 2.72 bits per heavy atom. The molecular formula is C19H15ClN8O. The van der Waals surface area contributed by atoms with Crippen LogP contribution in [-0.2, 0) is 0 Å². The Kier molecular flexibility index (Phi) is 4.62. The van der Waals surface area contributed by atoms with Crippen LogP contribution in [0.15, 0.2) is 53.7 Å². The average Bonchev–Trinajstić information content (AvgIpc) is 3.10. The highest BCUT2D eigenvalue weighted by atomic mass is 35.5. The molecule has 0 saturated carbocycles. The van der Waals surface area contributed by atoms with Gasteiger partial charge in [-0.05, 0) is 19.1 Å². The largest absolute Gasteiger partial charge is 0.382 e. The zero-order valence-corrected chi connectivity index (χ0v) is 16.0. The van der Waals surface area contributed by atoms with E-state index in [4.69, 9.17) is 17.3 Å². The first-order valence-corrected chi connectivity index (χ1v) is 9.00. The zero-order valence-electron chi connectivity index (χ0n) is 15.2. The molecule has 3 heterocycles. The van der Waals surface area contributed by atoms with Crippen molar-refractivity contribution in [2.24, 2.45) is 0 Å². The first-order valence-electron chi connectivity index (χ1n) is 8.62.